The average Bonchev–Trinajstić information content (AvgIpc) is 3.13. The summed E-state index contributed by atoms with van der Waals surface area (Å²) < 4.78 is 10.6. The fraction of sp³-hybridized carbons (Fsp3) is 0.0588. The molecule has 2 heterocycles. The Labute approximate surface area is 146 Å². The molecule has 5 nitrogen and oxygen atoms in total. The van der Waals surface area contributed by atoms with Crippen molar-refractivity contribution in [2.45, 2.75) is 0 Å². The second-order valence-corrected chi connectivity index (χ2v) is 6.54. The van der Waals surface area contributed by atoms with Crippen LogP contribution in [-0.4, -0.2) is 17.9 Å². The SMILES string of the molecule is O=C1S/C(=C\c2ccc3c(c2)OCO3)C(=O)N1c1ccc(Cl)cc1. The molecular formula is C17H10ClNO4S. The second-order valence-electron chi connectivity index (χ2n) is 5.11. The molecule has 120 valence electrons. The first kappa shape index (κ1) is 15.1. The highest BCUT2D eigenvalue weighted by Crippen LogP contribution is 2.38. The lowest BCUT2D eigenvalue weighted by atomic mass is 10.2. The fourth-order valence-electron chi connectivity index (χ4n) is 2.43. The number of rotatable bonds is 2. The Morgan fingerprint density at radius 1 is 1.04 bits per heavy atom. The molecule has 2 aliphatic rings. The van der Waals surface area contributed by atoms with Crippen LogP contribution in [0.15, 0.2) is 47.4 Å². The van der Waals surface area contributed by atoms with E-state index in [2.05, 4.69) is 0 Å². The number of carbonyl (C=O) groups is 2. The van der Waals surface area contributed by atoms with Crippen molar-refractivity contribution in [3.8, 4) is 11.5 Å². The number of imide groups is 1. The molecule has 2 amide bonds. The van der Waals surface area contributed by atoms with Gasteiger partial charge in [0.2, 0.25) is 6.79 Å². The third-order valence-electron chi connectivity index (χ3n) is 3.57. The van der Waals surface area contributed by atoms with Crippen molar-refractivity contribution in [1.82, 2.24) is 0 Å². The predicted octanol–water partition coefficient (Wildman–Crippen LogP) is 4.31. The number of amides is 2. The largest absolute Gasteiger partial charge is 0.454 e. The van der Waals surface area contributed by atoms with Gasteiger partial charge in [0, 0.05) is 5.02 Å². The lowest BCUT2D eigenvalue weighted by molar-refractivity contribution is -0.113. The van der Waals surface area contributed by atoms with Gasteiger partial charge >= 0.3 is 0 Å². The van der Waals surface area contributed by atoms with Crippen LogP contribution in [0.4, 0.5) is 10.5 Å². The first-order valence-electron chi connectivity index (χ1n) is 7.05. The van der Waals surface area contributed by atoms with Gasteiger partial charge in [0.1, 0.15) is 0 Å². The van der Waals surface area contributed by atoms with Crippen LogP contribution in [0.5, 0.6) is 11.5 Å². The van der Waals surface area contributed by atoms with Crippen LogP contribution >= 0.6 is 23.4 Å². The van der Waals surface area contributed by atoms with Crippen molar-refractivity contribution in [2.75, 3.05) is 11.7 Å². The zero-order valence-corrected chi connectivity index (χ0v) is 13.8. The van der Waals surface area contributed by atoms with Gasteiger partial charge in [-0.3, -0.25) is 9.59 Å². The molecule has 4 rings (SSSR count). The van der Waals surface area contributed by atoms with E-state index in [9.17, 15) is 9.59 Å². The van der Waals surface area contributed by atoms with E-state index in [1.807, 2.05) is 6.07 Å². The summed E-state index contributed by atoms with van der Waals surface area (Å²) in [6.07, 6.45) is 1.67. The number of carbonyl (C=O) groups excluding carboxylic acids is 2. The normalized spacial score (nSPS) is 17.9. The maximum Gasteiger partial charge on any atom is 0.298 e. The van der Waals surface area contributed by atoms with Crippen molar-refractivity contribution in [1.29, 1.82) is 0 Å². The van der Waals surface area contributed by atoms with E-state index in [1.165, 1.54) is 0 Å². The molecule has 0 atom stereocenters. The lowest BCUT2D eigenvalue weighted by Gasteiger charge is -2.12. The molecule has 0 radical (unpaired) electrons. The highest BCUT2D eigenvalue weighted by molar-refractivity contribution is 8.19. The molecule has 0 saturated carbocycles. The van der Waals surface area contributed by atoms with Crippen LogP contribution in [0.3, 0.4) is 0 Å². The van der Waals surface area contributed by atoms with E-state index < -0.39 is 0 Å². The number of ether oxygens (including phenoxy) is 2. The molecule has 0 unspecified atom stereocenters. The van der Waals surface area contributed by atoms with Gasteiger partial charge in [0.15, 0.2) is 11.5 Å². The minimum Gasteiger partial charge on any atom is -0.454 e. The first-order chi connectivity index (χ1) is 11.6. The summed E-state index contributed by atoms with van der Waals surface area (Å²) in [6, 6.07) is 11.9. The summed E-state index contributed by atoms with van der Waals surface area (Å²) in [5, 5.41) is 0.205. The van der Waals surface area contributed by atoms with Crippen LogP contribution in [0.25, 0.3) is 6.08 Å². The zero-order chi connectivity index (χ0) is 16.7. The monoisotopic (exact) mass is 359 g/mol. The van der Waals surface area contributed by atoms with Crippen molar-refractivity contribution < 1.29 is 19.1 Å². The van der Waals surface area contributed by atoms with Crippen molar-refractivity contribution in [2.24, 2.45) is 0 Å². The molecule has 0 aromatic heterocycles. The fourth-order valence-corrected chi connectivity index (χ4v) is 3.40. The maximum atomic E-state index is 12.6. The van der Waals surface area contributed by atoms with E-state index in [1.54, 1.807) is 42.5 Å². The van der Waals surface area contributed by atoms with Crippen molar-refractivity contribution in [3.63, 3.8) is 0 Å². The van der Waals surface area contributed by atoms with Gasteiger partial charge in [0.25, 0.3) is 11.1 Å². The van der Waals surface area contributed by atoms with Crippen LogP contribution in [0.1, 0.15) is 5.56 Å². The minimum atomic E-state index is -0.356. The van der Waals surface area contributed by atoms with Crippen LogP contribution in [0.2, 0.25) is 5.02 Å². The first-order valence-corrected chi connectivity index (χ1v) is 8.24. The molecule has 0 N–H and O–H groups in total. The van der Waals surface area contributed by atoms with Gasteiger partial charge < -0.3 is 9.47 Å². The number of hydrogen-bond acceptors (Lipinski definition) is 5. The summed E-state index contributed by atoms with van der Waals surface area (Å²) in [6.45, 7) is 0.186. The van der Waals surface area contributed by atoms with Gasteiger partial charge in [-0.1, -0.05) is 17.7 Å². The summed E-state index contributed by atoms with van der Waals surface area (Å²) in [7, 11) is 0. The van der Waals surface area contributed by atoms with E-state index in [-0.39, 0.29) is 17.9 Å². The number of hydrogen-bond donors (Lipinski definition) is 0. The van der Waals surface area contributed by atoms with Gasteiger partial charge in [-0.2, -0.15) is 0 Å². The van der Waals surface area contributed by atoms with Crippen LogP contribution < -0.4 is 14.4 Å². The van der Waals surface area contributed by atoms with Crippen molar-refractivity contribution >= 4 is 46.3 Å². The second kappa shape index (κ2) is 5.89. The standard InChI is InChI=1S/C17H10ClNO4S/c18-11-2-4-12(5-3-11)19-16(20)15(24-17(19)21)8-10-1-6-13-14(7-10)23-9-22-13/h1-8H,9H2/b15-8-. The van der Waals surface area contributed by atoms with Gasteiger partial charge in [-0.05, 0) is 59.8 Å². The van der Waals surface area contributed by atoms with Gasteiger partial charge in [-0.15, -0.1) is 0 Å². The number of anilines is 1. The Hall–Kier alpha value is -2.44. The third-order valence-corrected chi connectivity index (χ3v) is 4.69. The summed E-state index contributed by atoms with van der Waals surface area (Å²) >= 11 is 6.75. The quantitative estimate of drug-likeness (QED) is 0.748. The number of fused-ring (bicyclic) bond motifs is 1. The molecule has 0 aliphatic carbocycles. The topological polar surface area (TPSA) is 55.8 Å². The van der Waals surface area contributed by atoms with E-state index in [4.69, 9.17) is 21.1 Å². The lowest BCUT2D eigenvalue weighted by Crippen LogP contribution is -2.27. The minimum absolute atomic E-state index is 0.186. The molecule has 0 bridgehead atoms. The molecule has 1 fully saturated rings. The molecular weight excluding hydrogens is 350 g/mol. The Balaban J connectivity index is 1.64. The molecule has 2 aliphatic heterocycles. The number of benzene rings is 2. The molecule has 1 saturated heterocycles. The summed E-state index contributed by atoms with van der Waals surface area (Å²) in [5.74, 6) is 0.937. The molecule has 0 spiro atoms. The predicted molar refractivity (Wildman–Crippen MR) is 92.5 cm³/mol. The average molecular weight is 360 g/mol. The van der Waals surface area contributed by atoms with E-state index in [0.717, 1.165) is 22.2 Å². The Morgan fingerprint density at radius 2 is 1.79 bits per heavy atom. The number of nitrogens with zero attached hydrogens (tertiary/aromatic N) is 1. The van der Waals surface area contributed by atoms with Gasteiger partial charge in [0.05, 0.1) is 10.6 Å². The van der Waals surface area contributed by atoms with Gasteiger partial charge in [-0.25, -0.2) is 4.90 Å². The van der Waals surface area contributed by atoms with Crippen LogP contribution in [-0.2, 0) is 4.79 Å². The molecule has 24 heavy (non-hydrogen) atoms. The third kappa shape index (κ3) is 2.64. The zero-order valence-electron chi connectivity index (χ0n) is 12.2. The highest BCUT2D eigenvalue weighted by atomic mass is 35.5. The van der Waals surface area contributed by atoms with Crippen molar-refractivity contribution in [3.05, 3.63) is 58.0 Å². The molecule has 2 aromatic carbocycles. The van der Waals surface area contributed by atoms with E-state index >= 15 is 0 Å². The maximum absolute atomic E-state index is 12.6. The molecule has 7 heteroatoms. The van der Waals surface area contributed by atoms with E-state index in [0.29, 0.717) is 27.1 Å². The summed E-state index contributed by atoms with van der Waals surface area (Å²) in [5.41, 5.74) is 1.26. The Kier molecular flexibility index (Phi) is 3.70. The Morgan fingerprint density at radius 3 is 2.58 bits per heavy atom. The van der Waals surface area contributed by atoms with Crippen LogP contribution in [0, 0.1) is 0 Å². The Bertz CT molecular complexity index is 879. The number of halogens is 1. The smallest absolute Gasteiger partial charge is 0.298 e. The number of thioether (sulfide) groups is 1. The highest BCUT2D eigenvalue weighted by Gasteiger charge is 2.36. The summed E-state index contributed by atoms with van der Waals surface area (Å²) in [4.78, 5) is 26.3. The molecule has 2 aromatic rings.